The molecule has 0 spiro atoms. The minimum absolute atomic E-state index is 0.350. The molecule has 17 heavy (non-hydrogen) atoms. The Morgan fingerprint density at radius 2 is 2.00 bits per heavy atom. The van der Waals surface area contributed by atoms with Gasteiger partial charge in [0.2, 0.25) is 5.89 Å². The third-order valence-corrected chi connectivity index (χ3v) is 2.21. The number of hydrogen-bond acceptors (Lipinski definition) is 5. The van der Waals surface area contributed by atoms with Crippen LogP contribution < -0.4 is 5.73 Å². The molecule has 0 aliphatic heterocycles. The molecule has 0 saturated heterocycles. The average molecular weight is 233 g/mol. The topological polar surface area (TPSA) is 74.2 Å². The maximum atomic E-state index is 5.48. The number of aromatic nitrogens is 2. The van der Waals surface area contributed by atoms with Gasteiger partial charge in [0.05, 0.1) is 6.61 Å². The van der Waals surface area contributed by atoms with Crippen LogP contribution in [0.4, 0.5) is 0 Å². The molecule has 0 aliphatic rings. The van der Waals surface area contributed by atoms with Crippen LogP contribution in [0.2, 0.25) is 0 Å². The highest BCUT2D eigenvalue weighted by atomic mass is 16.5. The summed E-state index contributed by atoms with van der Waals surface area (Å²) in [6, 6.07) is 9.95. The van der Waals surface area contributed by atoms with Crippen LogP contribution in [-0.2, 0) is 24.4 Å². The molecule has 0 aliphatic carbocycles. The largest absolute Gasteiger partial charge is 0.369 e. The summed E-state index contributed by atoms with van der Waals surface area (Å²) in [7, 11) is 0. The molecule has 0 amide bonds. The summed E-state index contributed by atoms with van der Waals surface area (Å²) in [6.45, 7) is 1.40. The van der Waals surface area contributed by atoms with Gasteiger partial charge in [-0.15, -0.1) is 0 Å². The van der Waals surface area contributed by atoms with Crippen LogP contribution in [0.3, 0.4) is 0 Å². The van der Waals surface area contributed by atoms with Crippen molar-refractivity contribution in [3.63, 3.8) is 0 Å². The van der Waals surface area contributed by atoms with Crippen LogP contribution in [0, 0.1) is 0 Å². The van der Waals surface area contributed by atoms with Crippen LogP contribution in [-0.4, -0.2) is 16.7 Å². The molecule has 90 valence electrons. The first-order valence-electron chi connectivity index (χ1n) is 5.51. The van der Waals surface area contributed by atoms with Gasteiger partial charge in [0, 0.05) is 13.0 Å². The van der Waals surface area contributed by atoms with Crippen molar-refractivity contribution >= 4 is 0 Å². The van der Waals surface area contributed by atoms with E-state index in [1.165, 1.54) is 0 Å². The maximum Gasteiger partial charge on any atom is 0.228 e. The van der Waals surface area contributed by atoms with Crippen LogP contribution >= 0.6 is 0 Å². The SMILES string of the molecule is NCCc1nc(COCc2ccccc2)no1. The number of nitrogens with two attached hydrogens (primary N) is 1. The van der Waals surface area contributed by atoms with E-state index < -0.39 is 0 Å². The quantitative estimate of drug-likeness (QED) is 0.813. The number of hydrogen-bond donors (Lipinski definition) is 1. The summed E-state index contributed by atoms with van der Waals surface area (Å²) in [5.74, 6) is 1.12. The summed E-state index contributed by atoms with van der Waals surface area (Å²) >= 11 is 0. The molecule has 5 heteroatoms. The number of ether oxygens (including phenoxy) is 1. The van der Waals surface area contributed by atoms with Crippen molar-refractivity contribution in [1.82, 2.24) is 10.1 Å². The summed E-state index contributed by atoms with van der Waals surface area (Å²) in [4.78, 5) is 4.15. The van der Waals surface area contributed by atoms with Gasteiger partial charge in [-0.25, -0.2) is 0 Å². The molecule has 0 saturated carbocycles. The van der Waals surface area contributed by atoms with Crippen molar-refractivity contribution in [2.24, 2.45) is 5.73 Å². The second kappa shape index (κ2) is 6.12. The fourth-order valence-corrected chi connectivity index (χ4v) is 1.41. The number of rotatable bonds is 6. The van der Waals surface area contributed by atoms with E-state index in [-0.39, 0.29) is 0 Å². The zero-order chi connectivity index (χ0) is 11.9. The van der Waals surface area contributed by atoms with Crippen molar-refractivity contribution < 1.29 is 9.26 Å². The molecule has 0 radical (unpaired) electrons. The van der Waals surface area contributed by atoms with E-state index in [9.17, 15) is 0 Å². The zero-order valence-corrected chi connectivity index (χ0v) is 9.50. The van der Waals surface area contributed by atoms with Gasteiger partial charge in [-0.3, -0.25) is 0 Å². The normalized spacial score (nSPS) is 10.6. The van der Waals surface area contributed by atoms with E-state index in [0.717, 1.165) is 5.56 Å². The number of benzene rings is 1. The fraction of sp³-hybridized carbons (Fsp3) is 0.333. The second-order valence-electron chi connectivity index (χ2n) is 3.62. The lowest BCUT2D eigenvalue weighted by Crippen LogP contribution is -2.03. The number of nitrogens with zero attached hydrogens (tertiary/aromatic N) is 2. The molecule has 0 fully saturated rings. The van der Waals surface area contributed by atoms with E-state index in [1.54, 1.807) is 0 Å². The summed E-state index contributed by atoms with van der Waals surface area (Å²) in [5.41, 5.74) is 6.51. The van der Waals surface area contributed by atoms with E-state index in [1.807, 2.05) is 30.3 Å². The highest BCUT2D eigenvalue weighted by Crippen LogP contribution is 2.04. The Bertz CT molecular complexity index is 442. The molecule has 0 atom stereocenters. The lowest BCUT2D eigenvalue weighted by Gasteiger charge is -2.00. The van der Waals surface area contributed by atoms with Gasteiger partial charge in [0.1, 0.15) is 6.61 Å². The van der Waals surface area contributed by atoms with E-state index in [0.29, 0.717) is 37.9 Å². The lowest BCUT2D eigenvalue weighted by molar-refractivity contribution is 0.0999. The lowest BCUT2D eigenvalue weighted by atomic mass is 10.2. The molecule has 2 aromatic rings. The smallest absolute Gasteiger partial charge is 0.228 e. The van der Waals surface area contributed by atoms with Gasteiger partial charge in [0.25, 0.3) is 0 Å². The van der Waals surface area contributed by atoms with E-state index >= 15 is 0 Å². The standard InChI is InChI=1S/C12H15N3O2/c13-7-6-12-14-11(15-17-12)9-16-8-10-4-2-1-3-5-10/h1-5H,6-9,13H2. The van der Waals surface area contributed by atoms with Gasteiger partial charge in [-0.2, -0.15) is 4.98 Å². The highest BCUT2D eigenvalue weighted by Gasteiger charge is 2.05. The average Bonchev–Trinajstić information content (AvgIpc) is 2.79. The third-order valence-electron chi connectivity index (χ3n) is 2.21. The highest BCUT2D eigenvalue weighted by molar-refractivity contribution is 5.13. The van der Waals surface area contributed by atoms with Crippen LogP contribution in [0.1, 0.15) is 17.3 Å². The van der Waals surface area contributed by atoms with Gasteiger partial charge >= 0.3 is 0 Å². The first-order valence-corrected chi connectivity index (χ1v) is 5.51. The predicted molar refractivity (Wildman–Crippen MR) is 62.0 cm³/mol. The van der Waals surface area contributed by atoms with Gasteiger partial charge in [-0.05, 0) is 5.56 Å². The molecular weight excluding hydrogens is 218 g/mol. The fourth-order valence-electron chi connectivity index (χ4n) is 1.41. The summed E-state index contributed by atoms with van der Waals surface area (Å²) in [5, 5.41) is 3.80. The summed E-state index contributed by atoms with van der Waals surface area (Å²) in [6.07, 6.45) is 0.603. The molecule has 0 unspecified atom stereocenters. The Hall–Kier alpha value is -1.72. The van der Waals surface area contributed by atoms with Crippen molar-refractivity contribution in [3.05, 3.63) is 47.6 Å². The minimum Gasteiger partial charge on any atom is -0.369 e. The Labute approximate surface area is 99.6 Å². The Balaban J connectivity index is 1.78. The predicted octanol–water partition coefficient (Wildman–Crippen LogP) is 1.29. The minimum atomic E-state index is 0.350. The van der Waals surface area contributed by atoms with E-state index in [4.69, 9.17) is 15.0 Å². The monoisotopic (exact) mass is 233 g/mol. The van der Waals surface area contributed by atoms with Crippen molar-refractivity contribution in [3.8, 4) is 0 Å². The summed E-state index contributed by atoms with van der Waals surface area (Å²) < 4.78 is 10.5. The molecule has 1 heterocycles. The Kier molecular flexibility index (Phi) is 4.23. The molecule has 2 N–H and O–H groups in total. The van der Waals surface area contributed by atoms with Crippen molar-refractivity contribution in [2.45, 2.75) is 19.6 Å². The van der Waals surface area contributed by atoms with Gasteiger partial charge in [-0.1, -0.05) is 35.5 Å². The molecular formula is C12H15N3O2. The van der Waals surface area contributed by atoms with Crippen molar-refractivity contribution in [1.29, 1.82) is 0 Å². The van der Waals surface area contributed by atoms with Gasteiger partial charge < -0.3 is 15.0 Å². The Morgan fingerprint density at radius 1 is 1.18 bits per heavy atom. The molecule has 0 bridgehead atoms. The van der Waals surface area contributed by atoms with E-state index in [2.05, 4.69) is 10.1 Å². The second-order valence-corrected chi connectivity index (χ2v) is 3.62. The van der Waals surface area contributed by atoms with Crippen LogP contribution in [0.5, 0.6) is 0 Å². The Morgan fingerprint density at radius 3 is 2.76 bits per heavy atom. The molecule has 2 rings (SSSR count). The molecule has 1 aromatic carbocycles. The van der Waals surface area contributed by atoms with Crippen molar-refractivity contribution in [2.75, 3.05) is 6.54 Å². The first kappa shape index (κ1) is 11.8. The van der Waals surface area contributed by atoms with Crippen LogP contribution in [0.15, 0.2) is 34.9 Å². The van der Waals surface area contributed by atoms with Crippen LogP contribution in [0.25, 0.3) is 0 Å². The molecule has 5 nitrogen and oxygen atoms in total. The first-order chi connectivity index (χ1) is 8.38. The molecule has 1 aromatic heterocycles. The maximum absolute atomic E-state index is 5.48. The third kappa shape index (κ3) is 3.65. The van der Waals surface area contributed by atoms with Gasteiger partial charge in [0.15, 0.2) is 5.82 Å². The zero-order valence-electron chi connectivity index (χ0n) is 9.50.